The molecule has 22 heavy (non-hydrogen) atoms. The SMILES string of the molecule is CC1(C)OC(=O)C(=Cc2ccc(N3CCCC3)cc2)C(=O)O1. The summed E-state index contributed by atoms with van der Waals surface area (Å²) < 4.78 is 10.2. The van der Waals surface area contributed by atoms with Gasteiger partial charge in [-0.2, -0.15) is 0 Å². The lowest BCUT2D eigenvalue weighted by Crippen LogP contribution is -2.41. The number of nitrogens with zero attached hydrogens (tertiary/aromatic N) is 1. The van der Waals surface area contributed by atoms with E-state index in [2.05, 4.69) is 4.90 Å². The van der Waals surface area contributed by atoms with Gasteiger partial charge in [0.15, 0.2) is 0 Å². The molecule has 5 nitrogen and oxygen atoms in total. The predicted octanol–water partition coefficient (Wildman–Crippen LogP) is 2.51. The molecule has 1 aromatic rings. The van der Waals surface area contributed by atoms with Crippen LogP contribution < -0.4 is 4.90 Å². The van der Waals surface area contributed by atoms with Crippen LogP contribution in [0.3, 0.4) is 0 Å². The number of ether oxygens (including phenoxy) is 2. The van der Waals surface area contributed by atoms with E-state index >= 15 is 0 Å². The van der Waals surface area contributed by atoms with Crippen LogP contribution in [0.4, 0.5) is 5.69 Å². The van der Waals surface area contributed by atoms with Gasteiger partial charge in [0, 0.05) is 32.6 Å². The Hall–Kier alpha value is -2.30. The fourth-order valence-corrected chi connectivity index (χ4v) is 2.70. The number of carbonyl (C=O) groups excluding carboxylic acids is 2. The van der Waals surface area contributed by atoms with Gasteiger partial charge in [0.2, 0.25) is 0 Å². The van der Waals surface area contributed by atoms with Crippen molar-refractivity contribution < 1.29 is 19.1 Å². The van der Waals surface area contributed by atoms with E-state index in [0.717, 1.165) is 24.3 Å². The van der Waals surface area contributed by atoms with Crippen molar-refractivity contribution in [1.29, 1.82) is 0 Å². The summed E-state index contributed by atoms with van der Waals surface area (Å²) in [6.45, 7) is 5.22. The van der Waals surface area contributed by atoms with Crippen LogP contribution in [0, 0.1) is 0 Å². The highest BCUT2D eigenvalue weighted by Crippen LogP contribution is 2.25. The molecule has 0 aliphatic carbocycles. The zero-order valence-electron chi connectivity index (χ0n) is 12.8. The first kappa shape index (κ1) is 14.6. The van der Waals surface area contributed by atoms with Crippen LogP contribution >= 0.6 is 0 Å². The molecule has 3 rings (SSSR count). The van der Waals surface area contributed by atoms with Gasteiger partial charge >= 0.3 is 11.9 Å². The topological polar surface area (TPSA) is 55.8 Å². The molecule has 5 heteroatoms. The molecule has 2 fully saturated rings. The van der Waals surface area contributed by atoms with Gasteiger partial charge < -0.3 is 14.4 Å². The van der Waals surface area contributed by atoms with Gasteiger partial charge in [-0.3, -0.25) is 0 Å². The molecular formula is C17H19NO4. The van der Waals surface area contributed by atoms with Crippen molar-refractivity contribution in [3.05, 3.63) is 35.4 Å². The summed E-state index contributed by atoms with van der Waals surface area (Å²) in [7, 11) is 0. The maximum Gasteiger partial charge on any atom is 0.348 e. The minimum absolute atomic E-state index is 0.0757. The largest absolute Gasteiger partial charge is 0.419 e. The Morgan fingerprint density at radius 3 is 2.09 bits per heavy atom. The summed E-state index contributed by atoms with van der Waals surface area (Å²) in [5, 5.41) is 0. The van der Waals surface area contributed by atoms with Crippen LogP contribution in [0.25, 0.3) is 6.08 Å². The molecule has 0 aromatic heterocycles. The molecule has 0 unspecified atom stereocenters. The van der Waals surface area contributed by atoms with Crippen molar-refractivity contribution in [2.75, 3.05) is 18.0 Å². The first-order chi connectivity index (χ1) is 10.4. The monoisotopic (exact) mass is 301 g/mol. The van der Waals surface area contributed by atoms with Gasteiger partial charge in [-0.1, -0.05) is 12.1 Å². The quantitative estimate of drug-likeness (QED) is 0.477. The minimum Gasteiger partial charge on any atom is -0.419 e. The Kier molecular flexibility index (Phi) is 3.64. The third-order valence-electron chi connectivity index (χ3n) is 3.79. The zero-order chi connectivity index (χ0) is 15.7. The summed E-state index contributed by atoms with van der Waals surface area (Å²) in [6.07, 6.45) is 3.95. The maximum atomic E-state index is 11.9. The maximum absolute atomic E-state index is 11.9. The summed E-state index contributed by atoms with van der Waals surface area (Å²) in [6, 6.07) is 7.78. The first-order valence-corrected chi connectivity index (χ1v) is 7.48. The minimum atomic E-state index is -1.20. The second-order valence-electron chi connectivity index (χ2n) is 6.02. The van der Waals surface area contributed by atoms with Crippen molar-refractivity contribution in [1.82, 2.24) is 0 Å². The summed E-state index contributed by atoms with van der Waals surface area (Å²) >= 11 is 0. The number of benzene rings is 1. The molecule has 0 saturated carbocycles. The van der Waals surface area contributed by atoms with Crippen LogP contribution in [0.2, 0.25) is 0 Å². The number of cyclic esters (lactones) is 2. The highest BCUT2D eigenvalue weighted by molar-refractivity contribution is 6.18. The fraction of sp³-hybridized carbons (Fsp3) is 0.412. The van der Waals surface area contributed by atoms with Gasteiger partial charge in [0.25, 0.3) is 5.79 Å². The van der Waals surface area contributed by atoms with Crippen molar-refractivity contribution >= 4 is 23.7 Å². The van der Waals surface area contributed by atoms with E-state index in [4.69, 9.17) is 9.47 Å². The summed E-state index contributed by atoms with van der Waals surface area (Å²) in [5.41, 5.74) is 1.86. The van der Waals surface area contributed by atoms with Crippen molar-refractivity contribution in [2.24, 2.45) is 0 Å². The van der Waals surface area contributed by atoms with Crippen molar-refractivity contribution in [2.45, 2.75) is 32.5 Å². The van der Waals surface area contributed by atoms with Crippen LogP contribution in [-0.2, 0) is 19.1 Å². The standard InChI is InChI=1S/C17H19NO4/c1-17(2)21-15(19)14(16(20)22-17)11-12-5-7-13(8-6-12)18-9-3-4-10-18/h5-8,11H,3-4,9-10H2,1-2H3. The van der Waals surface area contributed by atoms with E-state index < -0.39 is 17.7 Å². The predicted molar refractivity (Wildman–Crippen MR) is 82.1 cm³/mol. The van der Waals surface area contributed by atoms with Gasteiger partial charge in [0.05, 0.1) is 0 Å². The molecule has 1 aromatic carbocycles. The smallest absolute Gasteiger partial charge is 0.348 e. The molecule has 116 valence electrons. The highest BCUT2D eigenvalue weighted by Gasteiger charge is 2.38. The molecule has 0 N–H and O–H groups in total. The molecule has 2 aliphatic rings. The summed E-state index contributed by atoms with van der Waals surface area (Å²) in [5.74, 6) is -2.50. The van der Waals surface area contributed by atoms with Crippen molar-refractivity contribution in [3.63, 3.8) is 0 Å². The number of anilines is 1. The Morgan fingerprint density at radius 1 is 1.00 bits per heavy atom. The third-order valence-corrected chi connectivity index (χ3v) is 3.79. The molecule has 0 bridgehead atoms. The van der Waals surface area contributed by atoms with Gasteiger partial charge in [-0.25, -0.2) is 9.59 Å². The molecule has 2 saturated heterocycles. The van der Waals surface area contributed by atoms with Crippen LogP contribution in [0.15, 0.2) is 29.8 Å². The van der Waals surface area contributed by atoms with Gasteiger partial charge in [0.1, 0.15) is 5.57 Å². The van der Waals surface area contributed by atoms with E-state index in [0.29, 0.717) is 0 Å². The Balaban J connectivity index is 1.79. The lowest BCUT2D eigenvalue weighted by Gasteiger charge is -2.29. The molecule has 0 spiro atoms. The van der Waals surface area contributed by atoms with E-state index in [1.165, 1.54) is 32.8 Å². The van der Waals surface area contributed by atoms with Crippen molar-refractivity contribution in [3.8, 4) is 0 Å². The average molecular weight is 301 g/mol. The van der Waals surface area contributed by atoms with E-state index in [1.54, 1.807) is 0 Å². The third kappa shape index (κ3) is 2.98. The Bertz CT molecular complexity index is 603. The molecular weight excluding hydrogens is 282 g/mol. The van der Waals surface area contributed by atoms with Gasteiger partial charge in [-0.15, -0.1) is 0 Å². The molecule has 0 amide bonds. The number of hydrogen-bond donors (Lipinski definition) is 0. The second-order valence-corrected chi connectivity index (χ2v) is 6.02. The van der Waals surface area contributed by atoms with Crippen LogP contribution in [-0.4, -0.2) is 30.8 Å². The molecule has 2 aliphatic heterocycles. The molecule has 2 heterocycles. The molecule has 0 radical (unpaired) electrons. The Morgan fingerprint density at radius 2 is 1.55 bits per heavy atom. The van der Waals surface area contributed by atoms with E-state index in [-0.39, 0.29) is 5.57 Å². The zero-order valence-corrected chi connectivity index (χ0v) is 12.8. The number of carbonyl (C=O) groups is 2. The van der Waals surface area contributed by atoms with Crippen LogP contribution in [0.1, 0.15) is 32.3 Å². The normalized spacial score (nSPS) is 20.6. The second kappa shape index (κ2) is 5.48. The van der Waals surface area contributed by atoms with E-state index in [1.807, 2.05) is 24.3 Å². The summed E-state index contributed by atoms with van der Waals surface area (Å²) in [4.78, 5) is 26.1. The van der Waals surface area contributed by atoms with Gasteiger partial charge in [-0.05, 0) is 36.6 Å². The Labute approximate surface area is 129 Å². The van der Waals surface area contributed by atoms with E-state index in [9.17, 15) is 9.59 Å². The number of rotatable bonds is 2. The average Bonchev–Trinajstić information content (AvgIpc) is 2.97. The lowest BCUT2D eigenvalue weighted by atomic mass is 10.1. The highest BCUT2D eigenvalue weighted by atomic mass is 16.7. The lowest BCUT2D eigenvalue weighted by molar-refractivity contribution is -0.222. The fourth-order valence-electron chi connectivity index (χ4n) is 2.70. The first-order valence-electron chi connectivity index (χ1n) is 7.48. The number of hydrogen-bond acceptors (Lipinski definition) is 5. The van der Waals surface area contributed by atoms with Crippen LogP contribution in [0.5, 0.6) is 0 Å². The number of esters is 2. The molecule has 0 atom stereocenters.